The van der Waals surface area contributed by atoms with Gasteiger partial charge in [0.2, 0.25) is 0 Å². The smallest absolute Gasteiger partial charge is 0.129 e. The van der Waals surface area contributed by atoms with Crippen LogP contribution < -0.4 is 0 Å². The van der Waals surface area contributed by atoms with Gasteiger partial charge in [0.05, 0.1) is 6.10 Å². The van der Waals surface area contributed by atoms with Crippen LogP contribution in [0.1, 0.15) is 24.8 Å². The minimum absolute atomic E-state index is 0.0654. The molecule has 0 amide bonds. The van der Waals surface area contributed by atoms with Crippen molar-refractivity contribution in [1.29, 1.82) is 0 Å². The lowest BCUT2D eigenvalue weighted by Gasteiger charge is -2.04. The van der Waals surface area contributed by atoms with E-state index >= 15 is 0 Å². The van der Waals surface area contributed by atoms with Crippen LogP contribution in [0.2, 0.25) is 0 Å². The average Bonchev–Trinajstić information content (AvgIpc) is 2.83. The standard InChI is InChI=1S/C11H12F2O/c1-6(14)9-5-10(9)8-3-2-7(12)4-11(8)13/h2-4,6,9-10,14H,5H2,1H3/t6-,9-,10+/m0/s1. The first-order valence-electron chi connectivity index (χ1n) is 4.72. The van der Waals surface area contributed by atoms with Crippen LogP contribution in [0.25, 0.3) is 0 Å². The molecule has 0 heterocycles. The summed E-state index contributed by atoms with van der Waals surface area (Å²) in [4.78, 5) is 0. The van der Waals surface area contributed by atoms with Crippen molar-refractivity contribution in [2.75, 3.05) is 0 Å². The zero-order valence-electron chi connectivity index (χ0n) is 7.87. The zero-order chi connectivity index (χ0) is 10.3. The zero-order valence-corrected chi connectivity index (χ0v) is 7.87. The van der Waals surface area contributed by atoms with Crippen LogP contribution in [0.4, 0.5) is 8.78 Å². The molecule has 1 aliphatic carbocycles. The van der Waals surface area contributed by atoms with E-state index in [1.807, 2.05) is 0 Å². The Morgan fingerprint density at radius 3 is 2.64 bits per heavy atom. The number of benzene rings is 1. The van der Waals surface area contributed by atoms with Gasteiger partial charge in [-0.2, -0.15) is 0 Å². The van der Waals surface area contributed by atoms with Gasteiger partial charge in [-0.3, -0.25) is 0 Å². The van der Waals surface area contributed by atoms with E-state index in [-0.39, 0.29) is 11.8 Å². The quantitative estimate of drug-likeness (QED) is 0.773. The highest BCUT2D eigenvalue weighted by molar-refractivity contribution is 5.28. The second-order valence-electron chi connectivity index (χ2n) is 3.91. The predicted molar refractivity (Wildman–Crippen MR) is 48.9 cm³/mol. The lowest BCUT2D eigenvalue weighted by atomic mass is 10.1. The summed E-state index contributed by atoms with van der Waals surface area (Å²) >= 11 is 0. The number of hydrogen-bond acceptors (Lipinski definition) is 1. The van der Waals surface area contributed by atoms with E-state index in [0.29, 0.717) is 5.56 Å². The van der Waals surface area contributed by atoms with Gasteiger partial charge in [0.25, 0.3) is 0 Å². The fourth-order valence-electron chi connectivity index (χ4n) is 1.91. The summed E-state index contributed by atoms with van der Waals surface area (Å²) in [5.74, 6) is -0.857. The van der Waals surface area contributed by atoms with Crippen molar-refractivity contribution in [3.8, 4) is 0 Å². The minimum atomic E-state index is -0.555. The fourth-order valence-corrected chi connectivity index (χ4v) is 1.91. The van der Waals surface area contributed by atoms with Gasteiger partial charge in [0.1, 0.15) is 11.6 Å². The fraction of sp³-hybridized carbons (Fsp3) is 0.455. The highest BCUT2D eigenvalue weighted by atomic mass is 19.1. The molecular weight excluding hydrogens is 186 g/mol. The van der Waals surface area contributed by atoms with Crippen molar-refractivity contribution in [1.82, 2.24) is 0 Å². The molecule has 1 aromatic carbocycles. The SMILES string of the molecule is C[C@H](O)[C@@H]1C[C@@H]1c1ccc(F)cc1F. The Balaban J connectivity index is 2.19. The van der Waals surface area contributed by atoms with Crippen molar-refractivity contribution >= 4 is 0 Å². The second kappa shape index (κ2) is 3.31. The summed E-state index contributed by atoms with van der Waals surface area (Å²) < 4.78 is 25.9. The van der Waals surface area contributed by atoms with Gasteiger partial charge >= 0.3 is 0 Å². The Hall–Kier alpha value is -0.960. The van der Waals surface area contributed by atoms with Crippen molar-refractivity contribution in [2.24, 2.45) is 5.92 Å². The van der Waals surface area contributed by atoms with Crippen LogP contribution in [0.5, 0.6) is 0 Å². The number of aliphatic hydroxyl groups is 1. The molecule has 0 aliphatic heterocycles. The molecule has 0 bridgehead atoms. The molecule has 0 saturated heterocycles. The highest BCUT2D eigenvalue weighted by Crippen LogP contribution is 2.50. The Morgan fingerprint density at radius 1 is 1.43 bits per heavy atom. The van der Waals surface area contributed by atoms with Crippen LogP contribution in [-0.2, 0) is 0 Å². The lowest BCUT2D eigenvalue weighted by Crippen LogP contribution is -2.04. The van der Waals surface area contributed by atoms with E-state index < -0.39 is 17.7 Å². The average molecular weight is 198 g/mol. The number of aliphatic hydroxyl groups excluding tert-OH is 1. The molecule has 1 fully saturated rings. The van der Waals surface area contributed by atoms with Crippen molar-refractivity contribution < 1.29 is 13.9 Å². The van der Waals surface area contributed by atoms with Gasteiger partial charge in [0, 0.05) is 6.07 Å². The van der Waals surface area contributed by atoms with E-state index in [2.05, 4.69) is 0 Å². The number of hydrogen-bond donors (Lipinski definition) is 1. The maximum Gasteiger partial charge on any atom is 0.129 e. The molecule has 3 atom stereocenters. The largest absolute Gasteiger partial charge is 0.393 e. The van der Waals surface area contributed by atoms with Crippen LogP contribution in [-0.4, -0.2) is 11.2 Å². The summed E-state index contributed by atoms with van der Waals surface area (Å²) in [6.45, 7) is 1.70. The molecule has 1 saturated carbocycles. The topological polar surface area (TPSA) is 20.2 Å². The number of halogens is 2. The van der Waals surface area contributed by atoms with Crippen LogP contribution in [0, 0.1) is 17.6 Å². The van der Waals surface area contributed by atoms with E-state index in [1.54, 1.807) is 6.92 Å². The first-order valence-corrected chi connectivity index (χ1v) is 4.72. The van der Waals surface area contributed by atoms with E-state index in [0.717, 1.165) is 12.5 Å². The van der Waals surface area contributed by atoms with Gasteiger partial charge in [0.15, 0.2) is 0 Å². The molecule has 0 spiro atoms. The third-order valence-corrected chi connectivity index (χ3v) is 2.82. The van der Waals surface area contributed by atoms with Gasteiger partial charge in [-0.1, -0.05) is 6.07 Å². The molecule has 14 heavy (non-hydrogen) atoms. The Kier molecular flexibility index (Phi) is 2.27. The third-order valence-electron chi connectivity index (χ3n) is 2.82. The predicted octanol–water partition coefficient (Wildman–Crippen LogP) is 2.45. The van der Waals surface area contributed by atoms with Crippen molar-refractivity contribution in [3.63, 3.8) is 0 Å². The normalized spacial score (nSPS) is 27.4. The lowest BCUT2D eigenvalue weighted by molar-refractivity contribution is 0.168. The Bertz CT molecular complexity index is 349. The molecule has 0 unspecified atom stereocenters. The minimum Gasteiger partial charge on any atom is -0.393 e. The Morgan fingerprint density at radius 2 is 2.14 bits per heavy atom. The highest BCUT2D eigenvalue weighted by Gasteiger charge is 2.42. The summed E-state index contributed by atoms with van der Waals surface area (Å²) in [5.41, 5.74) is 0.525. The van der Waals surface area contributed by atoms with Crippen LogP contribution >= 0.6 is 0 Å². The van der Waals surface area contributed by atoms with E-state index in [9.17, 15) is 13.9 Å². The third kappa shape index (κ3) is 1.64. The summed E-state index contributed by atoms with van der Waals surface area (Å²) in [5, 5.41) is 9.27. The summed E-state index contributed by atoms with van der Waals surface area (Å²) in [6, 6.07) is 3.63. The summed E-state index contributed by atoms with van der Waals surface area (Å²) in [6.07, 6.45) is 0.379. The van der Waals surface area contributed by atoms with E-state index in [4.69, 9.17) is 0 Å². The molecule has 2 rings (SSSR count). The molecule has 3 heteroatoms. The monoisotopic (exact) mass is 198 g/mol. The van der Waals surface area contributed by atoms with Crippen LogP contribution in [0.15, 0.2) is 18.2 Å². The molecule has 1 nitrogen and oxygen atoms in total. The van der Waals surface area contributed by atoms with Crippen LogP contribution in [0.3, 0.4) is 0 Å². The van der Waals surface area contributed by atoms with Crippen molar-refractivity contribution in [3.05, 3.63) is 35.4 Å². The first kappa shape index (κ1) is 9.59. The summed E-state index contributed by atoms with van der Waals surface area (Å²) in [7, 11) is 0. The van der Waals surface area contributed by atoms with Gasteiger partial charge in [-0.05, 0) is 36.8 Å². The molecular formula is C11H12F2O. The first-order chi connectivity index (χ1) is 6.59. The number of rotatable bonds is 2. The molecule has 1 aromatic rings. The molecule has 0 aromatic heterocycles. The Labute approximate surface area is 81.4 Å². The van der Waals surface area contributed by atoms with Gasteiger partial charge in [-0.25, -0.2) is 8.78 Å². The second-order valence-corrected chi connectivity index (χ2v) is 3.91. The maximum atomic E-state index is 13.3. The molecule has 1 aliphatic rings. The molecule has 0 radical (unpaired) electrons. The van der Waals surface area contributed by atoms with E-state index in [1.165, 1.54) is 12.1 Å². The maximum absolute atomic E-state index is 13.3. The van der Waals surface area contributed by atoms with Crippen molar-refractivity contribution in [2.45, 2.75) is 25.4 Å². The molecule has 1 N–H and O–H groups in total. The van der Waals surface area contributed by atoms with Gasteiger partial charge < -0.3 is 5.11 Å². The van der Waals surface area contributed by atoms with Gasteiger partial charge in [-0.15, -0.1) is 0 Å². The molecule has 76 valence electrons.